The molecule has 0 aromatic rings. The van der Waals surface area contributed by atoms with Crippen molar-refractivity contribution in [2.24, 2.45) is 5.73 Å². The molecule has 4 N–H and O–H groups in total. The number of nitrogens with two attached hydrogens (primary N) is 1. The smallest absolute Gasteiger partial charge is 0.407 e. The molecule has 0 saturated heterocycles. The fourth-order valence-corrected chi connectivity index (χ4v) is 1.78. The van der Waals surface area contributed by atoms with Crippen LogP contribution in [0.3, 0.4) is 0 Å². The Hall–Kier alpha value is -1.83. The average Bonchev–Trinajstić information content (AvgIpc) is 2.48. The molecule has 0 heterocycles. The van der Waals surface area contributed by atoms with Crippen LogP contribution >= 0.6 is 0 Å². The second-order valence-corrected chi connectivity index (χ2v) is 6.94. The van der Waals surface area contributed by atoms with Crippen LogP contribution in [-0.4, -0.2) is 48.8 Å². The largest absolute Gasteiger partial charge is 0.464 e. The molecule has 8 heteroatoms. The van der Waals surface area contributed by atoms with Gasteiger partial charge in [0.05, 0.1) is 12.6 Å². The van der Waals surface area contributed by atoms with Gasteiger partial charge in [-0.05, 0) is 47.0 Å². The Morgan fingerprint density at radius 2 is 1.80 bits per heavy atom. The van der Waals surface area contributed by atoms with Gasteiger partial charge in [0.25, 0.3) is 0 Å². The van der Waals surface area contributed by atoms with Crippen molar-refractivity contribution in [3.8, 4) is 0 Å². The van der Waals surface area contributed by atoms with E-state index in [0.29, 0.717) is 26.0 Å². The van der Waals surface area contributed by atoms with E-state index in [4.69, 9.17) is 15.2 Å². The van der Waals surface area contributed by atoms with E-state index in [1.54, 1.807) is 27.7 Å². The summed E-state index contributed by atoms with van der Waals surface area (Å²) in [6.45, 7) is 9.50. The number of hydrogen-bond acceptors (Lipinski definition) is 6. The second kappa shape index (κ2) is 11.7. The highest BCUT2D eigenvalue weighted by Crippen LogP contribution is 2.07. The van der Waals surface area contributed by atoms with Gasteiger partial charge in [-0.3, -0.25) is 4.79 Å². The van der Waals surface area contributed by atoms with Crippen LogP contribution in [0, 0.1) is 0 Å². The fourth-order valence-electron chi connectivity index (χ4n) is 1.78. The van der Waals surface area contributed by atoms with Crippen LogP contribution in [0.15, 0.2) is 0 Å². The molecule has 2 amide bonds. The minimum atomic E-state index is -0.782. The molecule has 2 atom stereocenters. The third kappa shape index (κ3) is 12.2. The van der Waals surface area contributed by atoms with Gasteiger partial charge in [-0.1, -0.05) is 13.3 Å². The molecule has 0 radical (unpaired) electrons. The Labute approximate surface area is 150 Å². The number of ether oxygens (including phenoxy) is 2. The average molecular weight is 359 g/mol. The second-order valence-electron chi connectivity index (χ2n) is 6.94. The van der Waals surface area contributed by atoms with Gasteiger partial charge in [0.15, 0.2) is 0 Å². The van der Waals surface area contributed by atoms with Crippen molar-refractivity contribution in [1.29, 1.82) is 0 Å². The molecule has 0 fully saturated rings. The lowest BCUT2D eigenvalue weighted by Crippen LogP contribution is -2.48. The van der Waals surface area contributed by atoms with Gasteiger partial charge in [-0.25, -0.2) is 9.59 Å². The van der Waals surface area contributed by atoms with Gasteiger partial charge < -0.3 is 25.8 Å². The van der Waals surface area contributed by atoms with Gasteiger partial charge in [-0.15, -0.1) is 0 Å². The lowest BCUT2D eigenvalue weighted by molar-refractivity contribution is -0.148. The third-order valence-electron chi connectivity index (χ3n) is 3.09. The van der Waals surface area contributed by atoms with Crippen molar-refractivity contribution in [2.75, 3.05) is 13.2 Å². The van der Waals surface area contributed by atoms with Crippen LogP contribution < -0.4 is 16.4 Å². The molecule has 0 aromatic heterocycles. The summed E-state index contributed by atoms with van der Waals surface area (Å²) in [6.07, 6.45) is 1.96. The molecule has 2 unspecified atom stereocenters. The minimum absolute atomic E-state index is 0.316. The first-order valence-electron chi connectivity index (χ1n) is 8.76. The molecule has 146 valence electrons. The quantitative estimate of drug-likeness (QED) is 0.401. The first kappa shape index (κ1) is 23.2. The zero-order chi connectivity index (χ0) is 19.5. The fraction of sp³-hybridized carbons (Fsp3) is 0.824. The summed E-state index contributed by atoms with van der Waals surface area (Å²) < 4.78 is 10.3. The van der Waals surface area contributed by atoms with E-state index < -0.39 is 35.7 Å². The van der Waals surface area contributed by atoms with Crippen LogP contribution in [0.25, 0.3) is 0 Å². The molecule has 25 heavy (non-hydrogen) atoms. The summed E-state index contributed by atoms with van der Waals surface area (Å²) in [5.41, 5.74) is 4.95. The molecule has 0 rings (SSSR count). The number of unbranched alkanes of at least 4 members (excludes halogenated alkanes) is 1. The third-order valence-corrected chi connectivity index (χ3v) is 3.09. The van der Waals surface area contributed by atoms with Gasteiger partial charge in [-0.2, -0.15) is 0 Å². The maximum atomic E-state index is 12.1. The van der Waals surface area contributed by atoms with Crippen molar-refractivity contribution in [3.63, 3.8) is 0 Å². The Morgan fingerprint density at radius 1 is 1.16 bits per heavy atom. The predicted molar refractivity (Wildman–Crippen MR) is 94.9 cm³/mol. The number of nitrogens with one attached hydrogen (secondary N) is 2. The van der Waals surface area contributed by atoms with Crippen molar-refractivity contribution < 1.29 is 23.9 Å². The van der Waals surface area contributed by atoms with Gasteiger partial charge in [0.1, 0.15) is 11.6 Å². The summed E-state index contributed by atoms with van der Waals surface area (Å²) in [5, 5.41) is 5.20. The maximum Gasteiger partial charge on any atom is 0.407 e. The Balaban J connectivity index is 4.40. The highest BCUT2D eigenvalue weighted by Gasteiger charge is 2.23. The normalized spacial score (nSPS) is 13.5. The summed E-state index contributed by atoms with van der Waals surface area (Å²) in [5.74, 6) is -0.905. The van der Waals surface area contributed by atoms with E-state index in [0.717, 1.165) is 12.8 Å². The highest BCUT2D eigenvalue weighted by atomic mass is 16.6. The van der Waals surface area contributed by atoms with Crippen LogP contribution in [0.1, 0.15) is 60.3 Å². The summed E-state index contributed by atoms with van der Waals surface area (Å²) >= 11 is 0. The zero-order valence-corrected chi connectivity index (χ0v) is 16.0. The van der Waals surface area contributed by atoms with E-state index in [1.165, 1.54) is 0 Å². The predicted octanol–water partition coefficient (Wildman–Crippen LogP) is 1.47. The molecule has 0 aliphatic carbocycles. The summed E-state index contributed by atoms with van der Waals surface area (Å²) in [6, 6.07) is -1.50. The molecule has 0 aliphatic heterocycles. The number of carbonyl (C=O) groups is 3. The molecule has 8 nitrogen and oxygen atoms in total. The van der Waals surface area contributed by atoms with Crippen LogP contribution in [0.5, 0.6) is 0 Å². The standard InChI is InChI=1S/C17H33N3O5/c1-6-7-11-24-15(22)13(20-14(21)12(2)18)9-8-10-19-16(23)25-17(3,4)5/h12-13H,6-11,18H2,1-5H3,(H,19,23)(H,20,21). The number of amides is 2. The summed E-state index contributed by atoms with van der Waals surface area (Å²) in [4.78, 5) is 35.4. The SMILES string of the molecule is CCCCOC(=O)C(CCCNC(=O)OC(C)(C)C)NC(=O)C(C)N. The molecule has 0 spiro atoms. The first-order chi connectivity index (χ1) is 11.6. The number of carbonyl (C=O) groups excluding carboxylic acids is 3. The van der Waals surface area contributed by atoms with Crippen molar-refractivity contribution in [3.05, 3.63) is 0 Å². The number of rotatable bonds is 10. The van der Waals surface area contributed by atoms with Crippen LogP contribution in [0.4, 0.5) is 4.79 Å². The van der Waals surface area contributed by atoms with Gasteiger partial charge >= 0.3 is 12.1 Å². The first-order valence-corrected chi connectivity index (χ1v) is 8.76. The number of esters is 1. The lowest BCUT2D eigenvalue weighted by atomic mass is 10.1. The number of hydrogen-bond donors (Lipinski definition) is 3. The van der Waals surface area contributed by atoms with E-state index >= 15 is 0 Å². The maximum absolute atomic E-state index is 12.1. The lowest BCUT2D eigenvalue weighted by Gasteiger charge is -2.21. The topological polar surface area (TPSA) is 120 Å². The molecule has 0 bridgehead atoms. The minimum Gasteiger partial charge on any atom is -0.464 e. The molecule has 0 aliphatic rings. The summed E-state index contributed by atoms with van der Waals surface area (Å²) in [7, 11) is 0. The molecular weight excluding hydrogens is 326 g/mol. The number of alkyl carbamates (subject to hydrolysis) is 1. The van der Waals surface area contributed by atoms with Gasteiger partial charge in [0.2, 0.25) is 5.91 Å². The molecule has 0 saturated carbocycles. The van der Waals surface area contributed by atoms with Crippen molar-refractivity contribution >= 4 is 18.0 Å². The van der Waals surface area contributed by atoms with Gasteiger partial charge in [0, 0.05) is 6.54 Å². The van der Waals surface area contributed by atoms with Crippen LogP contribution in [-0.2, 0) is 19.1 Å². The zero-order valence-electron chi connectivity index (χ0n) is 16.0. The van der Waals surface area contributed by atoms with Crippen molar-refractivity contribution in [2.45, 2.75) is 78.0 Å². The van der Waals surface area contributed by atoms with E-state index in [-0.39, 0.29) is 0 Å². The van der Waals surface area contributed by atoms with Crippen LogP contribution in [0.2, 0.25) is 0 Å². The Morgan fingerprint density at radius 3 is 2.32 bits per heavy atom. The Kier molecular flexibility index (Phi) is 10.8. The Bertz CT molecular complexity index is 432. The monoisotopic (exact) mass is 359 g/mol. The van der Waals surface area contributed by atoms with E-state index in [1.807, 2.05) is 6.92 Å². The van der Waals surface area contributed by atoms with E-state index in [2.05, 4.69) is 10.6 Å². The van der Waals surface area contributed by atoms with E-state index in [9.17, 15) is 14.4 Å². The molecular formula is C17H33N3O5. The highest BCUT2D eigenvalue weighted by molar-refractivity contribution is 5.87. The molecule has 0 aromatic carbocycles. The van der Waals surface area contributed by atoms with Crippen molar-refractivity contribution in [1.82, 2.24) is 10.6 Å².